The second kappa shape index (κ2) is 4.87. The molecular formula is C18H12N2O. The molecule has 0 fully saturated rings. The van der Waals surface area contributed by atoms with Crippen molar-refractivity contribution in [2.75, 3.05) is 0 Å². The molecule has 0 atom stereocenters. The summed E-state index contributed by atoms with van der Waals surface area (Å²) in [6.07, 6.45) is 3.40. The SMILES string of the molecule is c1ccc(-c2coc(-c3cccc4ccccc34)n2)nc1. The molecule has 0 saturated heterocycles. The Balaban J connectivity index is 1.85. The highest BCUT2D eigenvalue weighted by molar-refractivity contribution is 5.94. The molecule has 0 aliphatic carbocycles. The van der Waals surface area contributed by atoms with Gasteiger partial charge in [0.25, 0.3) is 0 Å². The van der Waals surface area contributed by atoms with Gasteiger partial charge in [-0.3, -0.25) is 4.98 Å². The number of rotatable bonds is 2. The number of pyridine rings is 1. The van der Waals surface area contributed by atoms with Crippen molar-refractivity contribution in [1.82, 2.24) is 9.97 Å². The van der Waals surface area contributed by atoms with E-state index in [9.17, 15) is 0 Å². The Hall–Kier alpha value is -2.94. The fourth-order valence-electron chi connectivity index (χ4n) is 2.44. The van der Waals surface area contributed by atoms with Crippen molar-refractivity contribution in [3.8, 4) is 22.8 Å². The number of hydrogen-bond donors (Lipinski definition) is 0. The molecule has 4 aromatic rings. The van der Waals surface area contributed by atoms with Crippen molar-refractivity contribution in [1.29, 1.82) is 0 Å². The zero-order chi connectivity index (χ0) is 14.1. The first-order valence-electron chi connectivity index (χ1n) is 6.77. The van der Waals surface area contributed by atoms with Crippen LogP contribution in [0.2, 0.25) is 0 Å². The number of fused-ring (bicyclic) bond motifs is 1. The van der Waals surface area contributed by atoms with E-state index in [-0.39, 0.29) is 0 Å². The summed E-state index contributed by atoms with van der Waals surface area (Å²) < 4.78 is 5.66. The van der Waals surface area contributed by atoms with E-state index < -0.39 is 0 Å². The maximum atomic E-state index is 5.66. The zero-order valence-electron chi connectivity index (χ0n) is 11.2. The first-order valence-corrected chi connectivity index (χ1v) is 6.77. The molecule has 0 saturated carbocycles. The van der Waals surface area contributed by atoms with Crippen LogP contribution in [0.15, 0.2) is 77.5 Å². The van der Waals surface area contributed by atoms with Crippen molar-refractivity contribution >= 4 is 10.8 Å². The highest BCUT2D eigenvalue weighted by Gasteiger charge is 2.11. The zero-order valence-corrected chi connectivity index (χ0v) is 11.2. The van der Waals surface area contributed by atoms with Gasteiger partial charge in [0.15, 0.2) is 0 Å². The van der Waals surface area contributed by atoms with Crippen LogP contribution in [0.4, 0.5) is 0 Å². The standard InChI is InChI=1S/C18H12N2O/c1-2-8-14-13(6-1)7-5-9-15(14)18-20-17(12-21-18)16-10-3-4-11-19-16/h1-12H. The molecule has 4 rings (SSSR count). The maximum absolute atomic E-state index is 5.66. The van der Waals surface area contributed by atoms with Gasteiger partial charge in [0.1, 0.15) is 12.0 Å². The van der Waals surface area contributed by atoms with Gasteiger partial charge >= 0.3 is 0 Å². The third kappa shape index (κ3) is 2.09. The van der Waals surface area contributed by atoms with Gasteiger partial charge in [0.05, 0.1) is 5.69 Å². The van der Waals surface area contributed by atoms with Gasteiger partial charge in [-0.2, -0.15) is 0 Å². The molecule has 0 aliphatic rings. The lowest BCUT2D eigenvalue weighted by atomic mass is 10.0. The molecule has 0 spiro atoms. The summed E-state index contributed by atoms with van der Waals surface area (Å²) in [5, 5.41) is 2.31. The minimum atomic E-state index is 0.618. The van der Waals surface area contributed by atoms with Crippen LogP contribution in [0.1, 0.15) is 0 Å². The molecular weight excluding hydrogens is 260 g/mol. The van der Waals surface area contributed by atoms with E-state index in [0.717, 1.165) is 22.3 Å². The van der Waals surface area contributed by atoms with Crippen molar-refractivity contribution in [3.05, 3.63) is 73.1 Å². The Kier molecular flexibility index (Phi) is 2.75. The van der Waals surface area contributed by atoms with Crippen molar-refractivity contribution in [2.45, 2.75) is 0 Å². The smallest absolute Gasteiger partial charge is 0.227 e. The molecule has 0 aliphatic heterocycles. The minimum Gasteiger partial charge on any atom is -0.444 e. The summed E-state index contributed by atoms with van der Waals surface area (Å²) >= 11 is 0. The lowest BCUT2D eigenvalue weighted by Crippen LogP contribution is -1.84. The summed E-state index contributed by atoms with van der Waals surface area (Å²) in [6.45, 7) is 0. The highest BCUT2D eigenvalue weighted by atomic mass is 16.3. The number of nitrogens with zero attached hydrogens (tertiary/aromatic N) is 2. The third-order valence-electron chi connectivity index (χ3n) is 3.45. The number of aromatic nitrogens is 2. The first-order chi connectivity index (χ1) is 10.4. The van der Waals surface area contributed by atoms with Crippen LogP contribution < -0.4 is 0 Å². The average molecular weight is 272 g/mol. The summed E-state index contributed by atoms with van der Waals surface area (Å²) in [5.41, 5.74) is 2.56. The molecule has 0 unspecified atom stereocenters. The lowest BCUT2D eigenvalue weighted by molar-refractivity contribution is 0.575. The quantitative estimate of drug-likeness (QED) is 0.537. The van der Waals surface area contributed by atoms with Crippen LogP contribution >= 0.6 is 0 Å². The fraction of sp³-hybridized carbons (Fsp3) is 0. The first kappa shape index (κ1) is 11.9. The molecule has 2 aromatic carbocycles. The maximum Gasteiger partial charge on any atom is 0.227 e. The largest absolute Gasteiger partial charge is 0.444 e. The van der Waals surface area contributed by atoms with Crippen LogP contribution in [0.3, 0.4) is 0 Å². The third-order valence-corrected chi connectivity index (χ3v) is 3.45. The molecule has 3 nitrogen and oxygen atoms in total. The van der Waals surface area contributed by atoms with E-state index in [1.54, 1.807) is 12.5 Å². The number of hydrogen-bond acceptors (Lipinski definition) is 3. The lowest BCUT2D eigenvalue weighted by Gasteiger charge is -2.02. The summed E-state index contributed by atoms with van der Waals surface area (Å²) in [6, 6.07) is 20.1. The molecule has 21 heavy (non-hydrogen) atoms. The van der Waals surface area contributed by atoms with Crippen molar-refractivity contribution in [3.63, 3.8) is 0 Å². The van der Waals surface area contributed by atoms with Crippen LogP contribution in [0, 0.1) is 0 Å². The Morgan fingerprint density at radius 2 is 1.62 bits per heavy atom. The van der Waals surface area contributed by atoms with Gasteiger partial charge in [-0.25, -0.2) is 4.98 Å². The van der Waals surface area contributed by atoms with E-state index in [4.69, 9.17) is 4.42 Å². The van der Waals surface area contributed by atoms with Crippen LogP contribution in [-0.4, -0.2) is 9.97 Å². The predicted molar refractivity (Wildman–Crippen MR) is 82.7 cm³/mol. The molecule has 0 N–H and O–H groups in total. The Labute approximate surface area is 121 Å². The van der Waals surface area contributed by atoms with Gasteiger partial charge in [-0.05, 0) is 29.0 Å². The fourth-order valence-corrected chi connectivity index (χ4v) is 2.44. The second-order valence-corrected chi connectivity index (χ2v) is 4.78. The van der Waals surface area contributed by atoms with E-state index in [1.807, 2.05) is 42.5 Å². The van der Waals surface area contributed by atoms with Crippen LogP contribution in [0.25, 0.3) is 33.6 Å². The van der Waals surface area contributed by atoms with Crippen LogP contribution in [0.5, 0.6) is 0 Å². The van der Waals surface area contributed by atoms with E-state index in [0.29, 0.717) is 5.89 Å². The molecule has 3 heteroatoms. The molecule has 2 heterocycles. The van der Waals surface area contributed by atoms with Gasteiger partial charge < -0.3 is 4.42 Å². The van der Waals surface area contributed by atoms with E-state index in [2.05, 4.69) is 28.2 Å². The van der Waals surface area contributed by atoms with Crippen molar-refractivity contribution in [2.24, 2.45) is 0 Å². The van der Waals surface area contributed by atoms with Gasteiger partial charge in [-0.1, -0.05) is 42.5 Å². The van der Waals surface area contributed by atoms with Gasteiger partial charge in [0.2, 0.25) is 5.89 Å². The van der Waals surface area contributed by atoms with E-state index >= 15 is 0 Å². The molecule has 0 bridgehead atoms. The predicted octanol–water partition coefficient (Wildman–Crippen LogP) is 4.56. The molecule has 2 aromatic heterocycles. The monoisotopic (exact) mass is 272 g/mol. The Morgan fingerprint density at radius 3 is 2.52 bits per heavy atom. The normalized spacial score (nSPS) is 10.9. The summed E-state index contributed by atoms with van der Waals surface area (Å²) in [5.74, 6) is 0.618. The average Bonchev–Trinajstić information content (AvgIpc) is 3.05. The van der Waals surface area contributed by atoms with Crippen LogP contribution in [-0.2, 0) is 0 Å². The number of oxazole rings is 1. The van der Waals surface area contributed by atoms with Crippen molar-refractivity contribution < 1.29 is 4.42 Å². The number of benzene rings is 2. The Morgan fingerprint density at radius 1 is 0.762 bits per heavy atom. The highest BCUT2D eigenvalue weighted by Crippen LogP contribution is 2.29. The molecule has 100 valence electrons. The second-order valence-electron chi connectivity index (χ2n) is 4.78. The Bertz CT molecular complexity index is 892. The van der Waals surface area contributed by atoms with Gasteiger partial charge in [-0.15, -0.1) is 0 Å². The summed E-state index contributed by atoms with van der Waals surface area (Å²) in [7, 11) is 0. The topological polar surface area (TPSA) is 38.9 Å². The van der Waals surface area contributed by atoms with E-state index in [1.165, 1.54) is 5.39 Å². The minimum absolute atomic E-state index is 0.618. The molecule has 0 amide bonds. The van der Waals surface area contributed by atoms with Gasteiger partial charge in [0, 0.05) is 11.8 Å². The molecule has 0 radical (unpaired) electrons. The summed E-state index contributed by atoms with van der Waals surface area (Å²) in [4.78, 5) is 8.87.